The SMILES string of the molecule is CC1(CN2CCC(n3ncc4c(N5CCC(=O)NC5=O)cccc43)CC2)CN(c2ccc(C(=O)NC3CCC(Oc4ccc(C#N)c(Cl)c4)CC3)nn2)C1. The molecule has 2 aromatic carbocycles. The van der Waals surface area contributed by atoms with E-state index in [2.05, 4.69) is 54.4 Å². The van der Waals surface area contributed by atoms with Crippen molar-refractivity contribution in [1.29, 1.82) is 5.26 Å². The molecule has 2 N–H and O–H groups in total. The Morgan fingerprint density at radius 3 is 2.54 bits per heavy atom. The van der Waals surface area contributed by atoms with Crippen molar-refractivity contribution in [2.24, 2.45) is 5.41 Å². The number of nitriles is 1. The van der Waals surface area contributed by atoms with Gasteiger partial charge in [0.15, 0.2) is 11.5 Å². The fourth-order valence-corrected chi connectivity index (χ4v) is 8.64. The van der Waals surface area contributed by atoms with Crippen LogP contribution in [-0.4, -0.2) is 94.1 Å². The third-order valence-electron chi connectivity index (χ3n) is 11.2. The summed E-state index contributed by atoms with van der Waals surface area (Å²) in [7, 11) is 0. The molecule has 0 radical (unpaired) electrons. The van der Waals surface area contributed by atoms with E-state index in [0.717, 1.165) is 93.7 Å². The van der Waals surface area contributed by atoms with Gasteiger partial charge in [0, 0.05) is 68.6 Å². The van der Waals surface area contributed by atoms with E-state index in [1.165, 1.54) is 0 Å². The molecule has 1 aliphatic carbocycles. The molecule has 0 unspecified atom stereocenters. The fraction of sp³-hybridized carbons (Fsp3) is 0.462. The number of nitrogens with one attached hydrogen (secondary N) is 2. The maximum absolute atomic E-state index is 13.0. The van der Waals surface area contributed by atoms with Crippen LogP contribution in [0.3, 0.4) is 0 Å². The Bertz CT molecular complexity index is 2090. The molecule has 54 heavy (non-hydrogen) atoms. The van der Waals surface area contributed by atoms with E-state index in [1.54, 1.807) is 29.2 Å². The van der Waals surface area contributed by atoms with E-state index in [4.69, 9.17) is 26.7 Å². The zero-order chi connectivity index (χ0) is 37.4. The molecular weight excluding hydrogens is 708 g/mol. The lowest BCUT2D eigenvalue weighted by molar-refractivity contribution is -0.120. The Morgan fingerprint density at radius 2 is 1.83 bits per heavy atom. The maximum atomic E-state index is 13.0. The number of imide groups is 1. The molecule has 4 aromatic rings. The van der Waals surface area contributed by atoms with Gasteiger partial charge in [0.05, 0.1) is 40.1 Å². The van der Waals surface area contributed by atoms with Crippen LogP contribution in [-0.2, 0) is 4.79 Å². The van der Waals surface area contributed by atoms with Crippen LogP contribution in [0.25, 0.3) is 10.9 Å². The number of amides is 4. The number of nitrogens with zero attached hydrogens (tertiary/aromatic N) is 8. The first kappa shape index (κ1) is 35.8. The first-order chi connectivity index (χ1) is 26.1. The van der Waals surface area contributed by atoms with Gasteiger partial charge < -0.3 is 19.9 Å². The van der Waals surface area contributed by atoms with E-state index in [0.29, 0.717) is 28.6 Å². The van der Waals surface area contributed by atoms with Gasteiger partial charge in [-0.2, -0.15) is 10.4 Å². The third kappa shape index (κ3) is 7.43. The topological polar surface area (TPSA) is 162 Å². The molecule has 5 heterocycles. The van der Waals surface area contributed by atoms with Crippen LogP contribution in [0.4, 0.5) is 16.3 Å². The molecule has 4 amide bonds. The van der Waals surface area contributed by atoms with E-state index < -0.39 is 0 Å². The van der Waals surface area contributed by atoms with Gasteiger partial charge in [-0.15, -0.1) is 10.2 Å². The summed E-state index contributed by atoms with van der Waals surface area (Å²) >= 11 is 6.15. The zero-order valence-corrected chi connectivity index (χ0v) is 31.0. The lowest BCUT2D eigenvalue weighted by atomic mass is 9.81. The average Bonchev–Trinajstić information content (AvgIpc) is 3.60. The number of urea groups is 1. The molecule has 3 saturated heterocycles. The van der Waals surface area contributed by atoms with Crippen LogP contribution in [0.2, 0.25) is 5.02 Å². The molecule has 0 atom stereocenters. The number of rotatable bonds is 9. The number of benzene rings is 2. The fourth-order valence-electron chi connectivity index (χ4n) is 8.43. The summed E-state index contributed by atoms with van der Waals surface area (Å²) in [6.07, 6.45) is 7.31. The molecule has 1 saturated carbocycles. The number of aromatic nitrogens is 4. The van der Waals surface area contributed by atoms with E-state index >= 15 is 0 Å². The van der Waals surface area contributed by atoms with E-state index in [-0.39, 0.29) is 47.9 Å². The van der Waals surface area contributed by atoms with Crippen molar-refractivity contribution < 1.29 is 19.1 Å². The first-order valence-corrected chi connectivity index (χ1v) is 19.1. The number of piperidine rings is 1. The van der Waals surface area contributed by atoms with Gasteiger partial charge in [-0.3, -0.25) is 24.5 Å². The molecule has 15 heteroatoms. The molecule has 4 fully saturated rings. The zero-order valence-electron chi connectivity index (χ0n) is 30.2. The molecule has 0 spiro atoms. The van der Waals surface area contributed by atoms with Crippen LogP contribution in [0, 0.1) is 16.7 Å². The second-order valence-electron chi connectivity index (χ2n) is 15.3. The second-order valence-corrected chi connectivity index (χ2v) is 15.7. The van der Waals surface area contributed by atoms with Crippen LogP contribution < -0.4 is 25.2 Å². The summed E-state index contributed by atoms with van der Waals surface area (Å²) in [5.41, 5.74) is 2.64. The number of hydrogen-bond donors (Lipinski definition) is 2. The Labute approximate surface area is 318 Å². The highest BCUT2D eigenvalue weighted by atomic mass is 35.5. The minimum Gasteiger partial charge on any atom is -0.490 e. The van der Waals surface area contributed by atoms with Crippen molar-refractivity contribution in [1.82, 2.24) is 35.5 Å². The number of hydrogen-bond acceptors (Lipinski definition) is 10. The summed E-state index contributed by atoms with van der Waals surface area (Å²) in [5, 5.41) is 29.4. The Kier molecular flexibility index (Phi) is 9.85. The number of halogens is 1. The highest BCUT2D eigenvalue weighted by Crippen LogP contribution is 2.37. The summed E-state index contributed by atoms with van der Waals surface area (Å²) in [5.74, 6) is 0.964. The molecule has 4 aliphatic rings. The molecule has 3 aliphatic heterocycles. The lowest BCUT2D eigenvalue weighted by Crippen LogP contribution is -2.60. The summed E-state index contributed by atoms with van der Waals surface area (Å²) in [6.45, 7) is 7.36. The van der Waals surface area contributed by atoms with E-state index in [1.807, 2.05) is 24.4 Å². The van der Waals surface area contributed by atoms with Crippen molar-refractivity contribution in [3.05, 3.63) is 71.0 Å². The van der Waals surface area contributed by atoms with Crippen molar-refractivity contribution in [2.45, 2.75) is 70.1 Å². The Balaban J connectivity index is 0.779. The number of anilines is 2. The smallest absolute Gasteiger partial charge is 0.328 e. The number of carbonyl (C=O) groups excluding carboxylic acids is 3. The number of carbonyl (C=O) groups is 3. The van der Waals surface area contributed by atoms with E-state index in [9.17, 15) is 14.4 Å². The summed E-state index contributed by atoms with van der Waals surface area (Å²) < 4.78 is 8.19. The standard InChI is InChI=1S/C39H43ClN10O4/c1-39(22-47-16-13-27(14-17-47)50-34-4-2-3-33(30(34)21-42-50)49-18-15-36(51)44-38(49)53)23-48(24-39)35-12-11-32(45-46-35)37(52)43-26-6-9-28(10-7-26)54-29-8-5-25(20-41)31(40)19-29/h2-5,8,11-12,19,21,26-28H,6-7,9-10,13-18,22-24H2,1H3,(H,43,52)(H,44,51,53). The van der Waals surface area contributed by atoms with Gasteiger partial charge in [-0.1, -0.05) is 24.6 Å². The normalized spacial score (nSPS) is 22.0. The summed E-state index contributed by atoms with van der Waals surface area (Å²) in [6, 6.07) is 16.6. The molecule has 14 nitrogen and oxygen atoms in total. The predicted molar refractivity (Wildman–Crippen MR) is 203 cm³/mol. The van der Waals surface area contributed by atoms with Crippen molar-refractivity contribution in [2.75, 3.05) is 49.1 Å². The highest BCUT2D eigenvalue weighted by molar-refractivity contribution is 6.31. The van der Waals surface area contributed by atoms with Gasteiger partial charge in [-0.25, -0.2) is 4.79 Å². The largest absolute Gasteiger partial charge is 0.490 e. The van der Waals surface area contributed by atoms with Gasteiger partial charge in [0.2, 0.25) is 5.91 Å². The molecular formula is C39H43ClN10O4. The number of likely N-dealkylation sites (tertiary alicyclic amines) is 1. The summed E-state index contributed by atoms with van der Waals surface area (Å²) in [4.78, 5) is 43.6. The minimum atomic E-state index is -0.388. The molecule has 0 bridgehead atoms. The van der Waals surface area contributed by atoms with Gasteiger partial charge >= 0.3 is 6.03 Å². The van der Waals surface area contributed by atoms with Crippen molar-refractivity contribution in [3.8, 4) is 11.8 Å². The quantitative estimate of drug-likeness (QED) is 0.236. The van der Waals surface area contributed by atoms with Crippen LogP contribution in [0.5, 0.6) is 5.75 Å². The first-order valence-electron chi connectivity index (χ1n) is 18.7. The third-order valence-corrected chi connectivity index (χ3v) is 11.5. The van der Waals surface area contributed by atoms with Crippen LogP contribution >= 0.6 is 11.6 Å². The monoisotopic (exact) mass is 750 g/mol. The predicted octanol–water partition coefficient (Wildman–Crippen LogP) is 5.08. The van der Waals surface area contributed by atoms with Crippen molar-refractivity contribution in [3.63, 3.8) is 0 Å². The second kappa shape index (κ2) is 14.9. The molecule has 8 rings (SSSR count). The number of fused-ring (bicyclic) bond motifs is 1. The number of ether oxygens (including phenoxy) is 1. The maximum Gasteiger partial charge on any atom is 0.328 e. The van der Waals surface area contributed by atoms with Crippen molar-refractivity contribution >= 4 is 51.9 Å². The lowest BCUT2D eigenvalue weighted by Gasteiger charge is -2.51. The van der Waals surface area contributed by atoms with Crippen LogP contribution in [0.1, 0.15) is 74.0 Å². The van der Waals surface area contributed by atoms with Gasteiger partial charge in [0.1, 0.15) is 11.8 Å². The minimum absolute atomic E-state index is 0.0283. The van der Waals surface area contributed by atoms with Gasteiger partial charge in [-0.05, 0) is 74.9 Å². The Morgan fingerprint density at radius 1 is 1.04 bits per heavy atom. The average molecular weight is 751 g/mol. The van der Waals surface area contributed by atoms with Crippen LogP contribution in [0.15, 0.2) is 54.7 Å². The molecule has 280 valence electrons. The van der Waals surface area contributed by atoms with Gasteiger partial charge in [0.25, 0.3) is 5.91 Å². The molecule has 2 aromatic heterocycles. The Hall–Kier alpha value is -5.26. The highest BCUT2D eigenvalue weighted by Gasteiger charge is 2.41.